The standard InChI is InChI=1S/C13H13F2N3OS/c1-2-3-4-7-13(14,15)19-12-11(17-20-18-12)10-6-5-8-16-9-10/h4-9H,2-3H2,1H3/b7-4+. The molecule has 106 valence electrons. The van der Waals surface area contributed by atoms with Crippen LogP contribution < -0.4 is 4.74 Å². The minimum absolute atomic E-state index is 0.186. The first-order valence-electron chi connectivity index (χ1n) is 6.10. The van der Waals surface area contributed by atoms with Crippen LogP contribution in [0.4, 0.5) is 8.78 Å². The molecule has 0 spiro atoms. The van der Waals surface area contributed by atoms with Gasteiger partial charge in [0.25, 0.3) is 5.88 Å². The lowest BCUT2D eigenvalue weighted by Crippen LogP contribution is -2.21. The molecule has 0 amide bonds. The number of ether oxygens (including phenoxy) is 1. The molecule has 0 saturated heterocycles. The molecule has 20 heavy (non-hydrogen) atoms. The molecule has 2 aromatic rings. The summed E-state index contributed by atoms with van der Waals surface area (Å²) in [5.41, 5.74) is 0.858. The van der Waals surface area contributed by atoms with Gasteiger partial charge in [-0.05, 0) is 18.6 Å². The van der Waals surface area contributed by atoms with Gasteiger partial charge in [0.2, 0.25) is 0 Å². The van der Waals surface area contributed by atoms with E-state index in [1.165, 1.54) is 12.3 Å². The van der Waals surface area contributed by atoms with Crippen LogP contribution >= 0.6 is 11.7 Å². The van der Waals surface area contributed by atoms with Crippen LogP contribution in [0.5, 0.6) is 5.88 Å². The van der Waals surface area contributed by atoms with Gasteiger partial charge in [0.1, 0.15) is 5.69 Å². The van der Waals surface area contributed by atoms with Crippen LogP contribution in [0.25, 0.3) is 11.3 Å². The average Bonchev–Trinajstić information content (AvgIpc) is 2.87. The molecule has 2 aromatic heterocycles. The summed E-state index contributed by atoms with van der Waals surface area (Å²) in [4.78, 5) is 3.92. The first kappa shape index (κ1) is 14.5. The van der Waals surface area contributed by atoms with Crippen molar-refractivity contribution in [3.8, 4) is 17.1 Å². The molecule has 0 aliphatic rings. The Kier molecular flexibility index (Phi) is 4.73. The van der Waals surface area contributed by atoms with Crippen molar-refractivity contribution >= 4 is 11.7 Å². The third kappa shape index (κ3) is 3.80. The van der Waals surface area contributed by atoms with Gasteiger partial charge in [-0.25, -0.2) is 0 Å². The van der Waals surface area contributed by atoms with Crippen LogP contribution in [0.3, 0.4) is 0 Å². The highest BCUT2D eigenvalue weighted by molar-refractivity contribution is 6.99. The molecule has 0 radical (unpaired) electrons. The number of alkyl halides is 2. The van der Waals surface area contributed by atoms with Gasteiger partial charge >= 0.3 is 6.11 Å². The van der Waals surface area contributed by atoms with Crippen molar-refractivity contribution in [2.24, 2.45) is 0 Å². The van der Waals surface area contributed by atoms with Gasteiger partial charge in [0, 0.05) is 24.0 Å². The van der Waals surface area contributed by atoms with Gasteiger partial charge in [-0.2, -0.15) is 13.2 Å². The molecule has 2 heterocycles. The number of rotatable bonds is 6. The molecule has 0 unspecified atom stereocenters. The smallest absolute Gasteiger partial charge is 0.408 e. The van der Waals surface area contributed by atoms with Crippen LogP contribution in [0.2, 0.25) is 0 Å². The molecule has 7 heteroatoms. The second-order valence-electron chi connectivity index (χ2n) is 4.01. The van der Waals surface area contributed by atoms with Crippen LogP contribution in [0, 0.1) is 0 Å². The highest BCUT2D eigenvalue weighted by atomic mass is 32.1. The Morgan fingerprint density at radius 3 is 2.95 bits per heavy atom. The number of hydrogen-bond acceptors (Lipinski definition) is 5. The van der Waals surface area contributed by atoms with E-state index in [4.69, 9.17) is 0 Å². The highest BCUT2D eigenvalue weighted by Crippen LogP contribution is 2.31. The Labute approximate surface area is 119 Å². The number of aromatic nitrogens is 3. The molecule has 0 aliphatic carbocycles. The zero-order chi connectivity index (χ0) is 14.4. The van der Waals surface area contributed by atoms with E-state index >= 15 is 0 Å². The van der Waals surface area contributed by atoms with Crippen molar-refractivity contribution < 1.29 is 13.5 Å². The molecular weight excluding hydrogens is 284 g/mol. The zero-order valence-corrected chi connectivity index (χ0v) is 11.6. The monoisotopic (exact) mass is 297 g/mol. The fraction of sp³-hybridized carbons (Fsp3) is 0.308. The van der Waals surface area contributed by atoms with E-state index in [1.807, 2.05) is 6.92 Å². The summed E-state index contributed by atoms with van der Waals surface area (Å²) in [5, 5.41) is 0. The average molecular weight is 297 g/mol. The summed E-state index contributed by atoms with van der Waals surface area (Å²) >= 11 is 0.820. The van der Waals surface area contributed by atoms with E-state index < -0.39 is 6.11 Å². The number of pyridine rings is 1. The molecule has 0 fully saturated rings. The summed E-state index contributed by atoms with van der Waals surface area (Å²) < 4.78 is 39.6. The number of hydrogen-bond donors (Lipinski definition) is 0. The summed E-state index contributed by atoms with van der Waals surface area (Å²) in [6, 6.07) is 3.40. The van der Waals surface area contributed by atoms with Crippen LogP contribution in [0.15, 0.2) is 36.7 Å². The van der Waals surface area contributed by atoms with Gasteiger partial charge in [0.15, 0.2) is 0 Å². The predicted molar refractivity (Wildman–Crippen MR) is 72.8 cm³/mol. The van der Waals surface area contributed by atoms with Crippen LogP contribution in [-0.4, -0.2) is 19.8 Å². The maximum atomic E-state index is 13.6. The first-order valence-corrected chi connectivity index (χ1v) is 6.83. The molecule has 2 rings (SSSR count). The van der Waals surface area contributed by atoms with Gasteiger partial charge in [-0.3, -0.25) is 4.98 Å². The molecule has 4 nitrogen and oxygen atoms in total. The SMILES string of the molecule is CCC/C=C/C(F)(F)Oc1nsnc1-c1cccnc1. The Morgan fingerprint density at radius 1 is 1.40 bits per heavy atom. The van der Waals surface area contributed by atoms with E-state index in [2.05, 4.69) is 18.5 Å². The van der Waals surface area contributed by atoms with Gasteiger partial charge in [-0.1, -0.05) is 19.4 Å². The van der Waals surface area contributed by atoms with E-state index in [0.717, 1.165) is 24.2 Å². The lowest BCUT2D eigenvalue weighted by atomic mass is 10.2. The fourth-order valence-corrected chi connectivity index (χ4v) is 1.98. The summed E-state index contributed by atoms with van der Waals surface area (Å²) in [5.74, 6) is -0.186. The number of unbranched alkanes of at least 4 members (excludes halogenated alkanes) is 1. The minimum Gasteiger partial charge on any atom is -0.408 e. The highest BCUT2D eigenvalue weighted by Gasteiger charge is 2.30. The van der Waals surface area contributed by atoms with E-state index in [-0.39, 0.29) is 11.6 Å². The lowest BCUT2D eigenvalue weighted by molar-refractivity contribution is -0.133. The molecule has 0 aliphatic heterocycles. The fourth-order valence-electron chi connectivity index (χ4n) is 1.48. The Bertz CT molecular complexity index is 572. The normalized spacial score (nSPS) is 11.9. The molecule has 0 aromatic carbocycles. The summed E-state index contributed by atoms with van der Waals surface area (Å²) in [6.07, 6.45) is 3.21. The number of allylic oxidation sites excluding steroid dienone is 1. The predicted octanol–water partition coefficient (Wildman–Crippen LogP) is 3.93. The van der Waals surface area contributed by atoms with Gasteiger partial charge in [0.05, 0.1) is 11.7 Å². The van der Waals surface area contributed by atoms with Gasteiger partial charge in [-0.15, -0.1) is 4.37 Å². The Hall–Kier alpha value is -1.89. The Morgan fingerprint density at radius 2 is 2.25 bits per heavy atom. The van der Waals surface area contributed by atoms with Crippen molar-refractivity contribution in [3.63, 3.8) is 0 Å². The van der Waals surface area contributed by atoms with E-state index in [0.29, 0.717) is 12.0 Å². The van der Waals surface area contributed by atoms with Crippen molar-refractivity contribution in [2.75, 3.05) is 0 Å². The molecule has 0 N–H and O–H groups in total. The molecular formula is C13H13F2N3OS. The van der Waals surface area contributed by atoms with Crippen LogP contribution in [-0.2, 0) is 0 Å². The van der Waals surface area contributed by atoms with E-state index in [1.54, 1.807) is 18.3 Å². The molecule has 0 bridgehead atoms. The van der Waals surface area contributed by atoms with Crippen molar-refractivity contribution in [1.82, 2.24) is 13.7 Å². The van der Waals surface area contributed by atoms with Crippen molar-refractivity contribution in [3.05, 3.63) is 36.7 Å². The van der Waals surface area contributed by atoms with Crippen LogP contribution in [0.1, 0.15) is 19.8 Å². The quantitative estimate of drug-likeness (QED) is 0.758. The zero-order valence-electron chi connectivity index (χ0n) is 10.8. The maximum Gasteiger partial charge on any atom is 0.420 e. The summed E-state index contributed by atoms with van der Waals surface area (Å²) in [6.45, 7) is 1.91. The minimum atomic E-state index is -3.40. The Balaban J connectivity index is 2.17. The second-order valence-corrected chi connectivity index (χ2v) is 4.54. The molecule has 0 saturated carbocycles. The maximum absolute atomic E-state index is 13.6. The third-order valence-corrected chi connectivity index (χ3v) is 2.91. The largest absolute Gasteiger partial charge is 0.420 e. The first-order chi connectivity index (χ1) is 9.62. The number of nitrogens with zero attached hydrogens (tertiary/aromatic N) is 3. The van der Waals surface area contributed by atoms with Gasteiger partial charge < -0.3 is 4.74 Å². The second kappa shape index (κ2) is 6.51. The number of halogens is 2. The third-order valence-electron chi connectivity index (χ3n) is 2.39. The summed E-state index contributed by atoms with van der Waals surface area (Å²) in [7, 11) is 0. The topological polar surface area (TPSA) is 47.9 Å². The van der Waals surface area contributed by atoms with Crippen molar-refractivity contribution in [1.29, 1.82) is 0 Å². The molecule has 0 atom stereocenters. The van der Waals surface area contributed by atoms with Crippen molar-refractivity contribution in [2.45, 2.75) is 25.9 Å². The lowest BCUT2D eigenvalue weighted by Gasteiger charge is -2.12. The van der Waals surface area contributed by atoms with E-state index in [9.17, 15) is 8.78 Å².